The molecule has 1 atom stereocenters. The number of nitrogens with zero attached hydrogens (tertiary/aromatic N) is 1. The zero-order chi connectivity index (χ0) is 13.3. The van der Waals surface area contributed by atoms with Gasteiger partial charge in [-0.05, 0) is 34.8 Å². The topological polar surface area (TPSA) is 68.2 Å². The molecular formula is C11H15BrN2O3S. The highest BCUT2D eigenvalue weighted by molar-refractivity contribution is 9.10. The predicted molar refractivity (Wildman–Crippen MR) is 72.3 cm³/mol. The van der Waals surface area contributed by atoms with E-state index in [2.05, 4.69) is 21.2 Å². The third-order valence-electron chi connectivity index (χ3n) is 3.16. The van der Waals surface area contributed by atoms with Crippen molar-refractivity contribution in [2.75, 3.05) is 12.3 Å². The van der Waals surface area contributed by atoms with Crippen LogP contribution in [0.1, 0.15) is 23.3 Å². The lowest BCUT2D eigenvalue weighted by molar-refractivity contribution is 0.0945. The number of rotatable bonds is 3. The minimum Gasteiger partial charge on any atom is -0.349 e. The Balaban J connectivity index is 1.99. The van der Waals surface area contributed by atoms with Crippen LogP contribution in [0.4, 0.5) is 0 Å². The Labute approximate surface area is 115 Å². The van der Waals surface area contributed by atoms with Gasteiger partial charge in [0.1, 0.15) is 5.69 Å². The van der Waals surface area contributed by atoms with Crippen molar-refractivity contribution >= 4 is 31.7 Å². The molecule has 0 spiro atoms. The van der Waals surface area contributed by atoms with Crippen molar-refractivity contribution in [3.05, 3.63) is 22.4 Å². The molecule has 0 aromatic carbocycles. The minimum atomic E-state index is -3.00. The van der Waals surface area contributed by atoms with Gasteiger partial charge in [-0.1, -0.05) is 0 Å². The summed E-state index contributed by atoms with van der Waals surface area (Å²) in [7, 11) is -1.23. The minimum absolute atomic E-state index is 0.198. The van der Waals surface area contributed by atoms with Crippen LogP contribution in [0.2, 0.25) is 0 Å². The van der Waals surface area contributed by atoms with Crippen LogP contribution in [0.5, 0.6) is 0 Å². The maximum absolute atomic E-state index is 11.9. The second-order valence-corrected chi connectivity index (χ2v) is 7.81. The first-order valence-electron chi connectivity index (χ1n) is 5.72. The summed E-state index contributed by atoms with van der Waals surface area (Å²) in [6.45, 7) is 0.198. The van der Waals surface area contributed by atoms with Crippen molar-refractivity contribution in [2.45, 2.75) is 18.1 Å². The maximum atomic E-state index is 11.9. The van der Waals surface area contributed by atoms with Crippen LogP contribution < -0.4 is 5.32 Å². The van der Waals surface area contributed by atoms with Crippen molar-refractivity contribution in [1.82, 2.24) is 9.88 Å². The molecule has 5 nitrogen and oxygen atoms in total. The third kappa shape index (κ3) is 2.77. The fraction of sp³-hybridized carbons (Fsp3) is 0.545. The highest BCUT2D eigenvalue weighted by Crippen LogP contribution is 2.19. The van der Waals surface area contributed by atoms with Gasteiger partial charge in [0.25, 0.3) is 5.91 Å². The number of aryl methyl sites for hydroxylation is 1. The van der Waals surface area contributed by atoms with Gasteiger partial charge >= 0.3 is 0 Å². The summed E-state index contributed by atoms with van der Waals surface area (Å²) in [6, 6.07) is 1.71. The van der Waals surface area contributed by atoms with Crippen molar-refractivity contribution < 1.29 is 13.2 Å². The summed E-state index contributed by atoms with van der Waals surface area (Å²) in [4.78, 5) is 11.9. The normalized spacial score (nSPS) is 22.0. The average Bonchev–Trinajstić information content (AvgIpc) is 2.78. The van der Waals surface area contributed by atoms with Gasteiger partial charge in [-0.15, -0.1) is 0 Å². The van der Waals surface area contributed by atoms with Crippen LogP contribution in [-0.4, -0.2) is 36.4 Å². The van der Waals surface area contributed by atoms with Gasteiger partial charge in [-0.25, -0.2) is 8.42 Å². The zero-order valence-corrected chi connectivity index (χ0v) is 12.4. The molecule has 100 valence electrons. The van der Waals surface area contributed by atoms with E-state index in [1.165, 1.54) is 0 Å². The van der Waals surface area contributed by atoms with Gasteiger partial charge in [0.15, 0.2) is 9.84 Å². The Morgan fingerprint density at radius 2 is 2.33 bits per heavy atom. The van der Waals surface area contributed by atoms with Crippen molar-refractivity contribution in [3.63, 3.8) is 0 Å². The summed E-state index contributed by atoms with van der Waals surface area (Å²) in [5.74, 6) is -0.00577. The Bertz CT molecular complexity index is 565. The smallest absolute Gasteiger partial charge is 0.267 e. The maximum Gasteiger partial charge on any atom is 0.267 e. The molecular weight excluding hydrogens is 320 g/mol. The second-order valence-electron chi connectivity index (χ2n) is 4.50. The quantitative estimate of drug-likeness (QED) is 0.899. The van der Waals surface area contributed by atoms with E-state index in [0.717, 1.165) is 4.47 Å². The van der Waals surface area contributed by atoms with Crippen LogP contribution in [0, 0.1) is 0 Å². The number of hydrogen-bond acceptors (Lipinski definition) is 3. The number of hydrogen-bond donors (Lipinski definition) is 1. The second kappa shape index (κ2) is 5.05. The number of halogens is 1. The number of amides is 1. The van der Waals surface area contributed by atoms with Crippen LogP contribution >= 0.6 is 15.9 Å². The number of nitrogens with one attached hydrogen (secondary N) is 1. The lowest BCUT2D eigenvalue weighted by atomic mass is 10.2. The van der Waals surface area contributed by atoms with Crippen molar-refractivity contribution in [1.29, 1.82) is 0 Å². The van der Waals surface area contributed by atoms with Gasteiger partial charge in [-0.3, -0.25) is 4.79 Å². The lowest BCUT2D eigenvalue weighted by Crippen LogP contribution is -2.35. The summed E-state index contributed by atoms with van der Waals surface area (Å²) in [6.07, 6.45) is 3.11. The Hall–Kier alpha value is -0.820. The first-order valence-corrected chi connectivity index (χ1v) is 8.22. The highest BCUT2D eigenvalue weighted by atomic mass is 79.9. The Morgan fingerprint density at radius 1 is 1.61 bits per heavy atom. The van der Waals surface area contributed by atoms with Crippen LogP contribution in [0.3, 0.4) is 0 Å². The summed E-state index contributed by atoms with van der Waals surface area (Å²) >= 11 is 3.29. The lowest BCUT2D eigenvalue weighted by Gasteiger charge is -2.11. The standard InChI is InChI=1S/C11H15BrN2O3S/c1-14-7-8(12)5-10(14)11(15)13-6-9-3-2-4-18(9,16)17/h5,7,9H,2-4,6H2,1H3,(H,13,15). The van der Waals surface area contributed by atoms with Gasteiger partial charge < -0.3 is 9.88 Å². The Morgan fingerprint density at radius 3 is 2.83 bits per heavy atom. The van der Waals surface area contributed by atoms with E-state index in [1.807, 2.05) is 0 Å². The summed E-state index contributed by atoms with van der Waals surface area (Å²) < 4.78 is 25.8. The van der Waals surface area contributed by atoms with E-state index in [1.54, 1.807) is 23.9 Å². The molecule has 7 heteroatoms. The molecule has 2 heterocycles. The number of carbonyl (C=O) groups is 1. The van der Waals surface area contributed by atoms with E-state index >= 15 is 0 Å². The molecule has 1 amide bonds. The van der Waals surface area contributed by atoms with Gasteiger partial charge in [0.05, 0.1) is 11.0 Å². The molecule has 0 radical (unpaired) electrons. The molecule has 1 unspecified atom stereocenters. The molecule has 1 aromatic rings. The molecule has 2 rings (SSSR count). The van der Waals surface area contributed by atoms with Crippen LogP contribution in [-0.2, 0) is 16.9 Å². The van der Waals surface area contributed by atoms with E-state index in [9.17, 15) is 13.2 Å². The van der Waals surface area contributed by atoms with Crippen LogP contribution in [0.25, 0.3) is 0 Å². The first-order chi connectivity index (χ1) is 8.40. The molecule has 1 fully saturated rings. The molecule has 1 N–H and O–H groups in total. The highest BCUT2D eigenvalue weighted by Gasteiger charge is 2.31. The Kier molecular flexibility index (Phi) is 3.82. The molecule has 1 aliphatic rings. The number of sulfone groups is 1. The first kappa shape index (κ1) is 13.6. The van der Waals surface area contributed by atoms with E-state index < -0.39 is 15.1 Å². The van der Waals surface area contributed by atoms with Crippen molar-refractivity contribution in [3.8, 4) is 0 Å². The molecule has 1 aromatic heterocycles. The zero-order valence-electron chi connectivity index (χ0n) is 10.0. The largest absolute Gasteiger partial charge is 0.349 e. The molecule has 0 saturated carbocycles. The number of carbonyl (C=O) groups excluding carboxylic acids is 1. The summed E-state index contributed by atoms with van der Waals surface area (Å²) in [5, 5.41) is 2.27. The third-order valence-corrected chi connectivity index (χ3v) is 5.87. The molecule has 1 saturated heterocycles. The fourth-order valence-corrected chi connectivity index (χ4v) is 4.42. The van der Waals surface area contributed by atoms with Crippen LogP contribution in [0.15, 0.2) is 16.7 Å². The monoisotopic (exact) mass is 334 g/mol. The predicted octanol–water partition coefficient (Wildman–Crippen LogP) is 1.09. The van der Waals surface area contributed by atoms with Gasteiger partial charge in [0.2, 0.25) is 0 Å². The van der Waals surface area contributed by atoms with Gasteiger partial charge in [0, 0.05) is 24.3 Å². The molecule has 18 heavy (non-hydrogen) atoms. The molecule has 1 aliphatic heterocycles. The molecule has 0 bridgehead atoms. The van der Waals surface area contributed by atoms with E-state index in [4.69, 9.17) is 0 Å². The fourth-order valence-electron chi connectivity index (χ4n) is 2.13. The number of aromatic nitrogens is 1. The average molecular weight is 335 g/mol. The van der Waals surface area contributed by atoms with E-state index in [0.29, 0.717) is 18.5 Å². The van der Waals surface area contributed by atoms with Gasteiger partial charge in [-0.2, -0.15) is 0 Å². The molecule has 0 aliphatic carbocycles. The SMILES string of the molecule is Cn1cc(Br)cc1C(=O)NCC1CCCS1(=O)=O. The van der Waals surface area contributed by atoms with E-state index in [-0.39, 0.29) is 18.2 Å². The summed E-state index contributed by atoms with van der Waals surface area (Å²) in [5.41, 5.74) is 0.511. The van der Waals surface area contributed by atoms with Crippen molar-refractivity contribution in [2.24, 2.45) is 7.05 Å².